The van der Waals surface area contributed by atoms with Crippen LogP contribution in [0.4, 0.5) is 17.2 Å². The van der Waals surface area contributed by atoms with Gasteiger partial charge in [-0.15, -0.1) is 0 Å². The first-order chi connectivity index (χ1) is 16.8. The highest BCUT2D eigenvalue weighted by Gasteiger charge is 2.23. The predicted octanol–water partition coefficient (Wildman–Crippen LogP) is 6.36. The zero-order valence-electron chi connectivity index (χ0n) is 19.6. The van der Waals surface area contributed by atoms with Crippen molar-refractivity contribution in [2.75, 3.05) is 16.0 Å². The summed E-state index contributed by atoms with van der Waals surface area (Å²) >= 11 is 0. The van der Waals surface area contributed by atoms with Crippen molar-refractivity contribution in [3.63, 3.8) is 0 Å². The van der Waals surface area contributed by atoms with Crippen LogP contribution in [-0.4, -0.2) is 4.98 Å². The molecule has 0 radical (unpaired) electrons. The van der Waals surface area contributed by atoms with Crippen molar-refractivity contribution >= 4 is 17.2 Å². The van der Waals surface area contributed by atoms with Crippen LogP contribution in [0.3, 0.4) is 0 Å². The summed E-state index contributed by atoms with van der Waals surface area (Å²) in [6.45, 7) is 2.26. The number of aryl methyl sites for hydroxylation is 1. The van der Waals surface area contributed by atoms with E-state index in [0.717, 1.165) is 49.7 Å². The van der Waals surface area contributed by atoms with Gasteiger partial charge in [0.2, 0.25) is 0 Å². The SMILES string of the molecule is Nc1c(N(Cc2ccccc2)Cc2ccccc2)nc2c(c1NCc1ccccc1)CCCC2. The topological polar surface area (TPSA) is 54.2 Å². The first kappa shape index (κ1) is 22.0. The number of nitrogens with zero attached hydrogens (tertiary/aromatic N) is 2. The van der Waals surface area contributed by atoms with Gasteiger partial charge < -0.3 is 16.0 Å². The number of pyridine rings is 1. The number of hydrogen-bond acceptors (Lipinski definition) is 4. The lowest BCUT2D eigenvalue weighted by atomic mass is 9.93. The molecule has 1 heterocycles. The minimum Gasteiger partial charge on any atom is -0.394 e. The molecule has 4 nitrogen and oxygen atoms in total. The van der Waals surface area contributed by atoms with Crippen LogP contribution in [0.25, 0.3) is 0 Å². The highest BCUT2D eigenvalue weighted by atomic mass is 15.2. The molecule has 1 aromatic heterocycles. The van der Waals surface area contributed by atoms with Crippen molar-refractivity contribution in [2.24, 2.45) is 0 Å². The van der Waals surface area contributed by atoms with Crippen LogP contribution in [0.1, 0.15) is 40.8 Å². The fraction of sp³-hybridized carbons (Fsp3) is 0.233. The zero-order chi connectivity index (χ0) is 23.2. The smallest absolute Gasteiger partial charge is 0.154 e. The molecule has 0 saturated carbocycles. The third-order valence-corrected chi connectivity index (χ3v) is 6.54. The molecule has 0 aliphatic heterocycles. The highest BCUT2D eigenvalue weighted by Crippen LogP contribution is 2.38. The molecule has 4 heteroatoms. The molecular formula is C30H32N4. The lowest BCUT2D eigenvalue weighted by Gasteiger charge is -2.30. The average molecular weight is 449 g/mol. The Labute approximate surface area is 202 Å². The van der Waals surface area contributed by atoms with E-state index in [4.69, 9.17) is 10.7 Å². The summed E-state index contributed by atoms with van der Waals surface area (Å²) in [5, 5.41) is 3.69. The molecule has 0 spiro atoms. The van der Waals surface area contributed by atoms with E-state index in [1.807, 2.05) is 0 Å². The maximum atomic E-state index is 6.91. The van der Waals surface area contributed by atoms with Crippen molar-refractivity contribution < 1.29 is 0 Å². The van der Waals surface area contributed by atoms with E-state index >= 15 is 0 Å². The van der Waals surface area contributed by atoms with Gasteiger partial charge in [-0.1, -0.05) is 91.0 Å². The molecule has 0 amide bonds. The molecule has 3 N–H and O–H groups in total. The number of nitrogens with two attached hydrogens (primary N) is 1. The van der Waals surface area contributed by atoms with E-state index < -0.39 is 0 Å². The molecule has 1 aliphatic rings. The van der Waals surface area contributed by atoms with Crippen molar-refractivity contribution in [1.82, 2.24) is 4.98 Å². The van der Waals surface area contributed by atoms with E-state index in [1.54, 1.807) is 0 Å². The Morgan fingerprint density at radius 3 is 1.82 bits per heavy atom. The van der Waals surface area contributed by atoms with E-state index in [9.17, 15) is 0 Å². The molecule has 4 aromatic rings. The van der Waals surface area contributed by atoms with E-state index in [-0.39, 0.29) is 0 Å². The maximum Gasteiger partial charge on any atom is 0.154 e. The number of benzene rings is 3. The van der Waals surface area contributed by atoms with E-state index in [0.29, 0.717) is 0 Å². The van der Waals surface area contributed by atoms with Crippen LogP contribution in [0, 0.1) is 0 Å². The summed E-state index contributed by atoms with van der Waals surface area (Å²) < 4.78 is 0. The fourth-order valence-corrected chi connectivity index (χ4v) is 4.79. The van der Waals surface area contributed by atoms with Crippen LogP contribution in [0.5, 0.6) is 0 Å². The molecule has 0 bridgehead atoms. The highest BCUT2D eigenvalue weighted by molar-refractivity contribution is 5.82. The number of rotatable bonds is 8. The number of anilines is 3. The summed E-state index contributed by atoms with van der Waals surface area (Å²) in [5.74, 6) is 0.879. The van der Waals surface area contributed by atoms with Crippen molar-refractivity contribution in [3.05, 3.63) is 119 Å². The molecule has 0 fully saturated rings. The van der Waals surface area contributed by atoms with Gasteiger partial charge in [-0.25, -0.2) is 4.98 Å². The number of nitrogen functional groups attached to an aromatic ring is 1. The van der Waals surface area contributed by atoms with Crippen molar-refractivity contribution in [3.8, 4) is 0 Å². The molecule has 0 saturated heterocycles. The summed E-state index contributed by atoms with van der Waals surface area (Å²) in [4.78, 5) is 7.50. The Balaban J connectivity index is 1.54. The number of nitrogens with one attached hydrogen (secondary N) is 1. The monoisotopic (exact) mass is 448 g/mol. The van der Waals surface area contributed by atoms with Gasteiger partial charge in [0.25, 0.3) is 0 Å². The lowest BCUT2D eigenvalue weighted by Crippen LogP contribution is -2.26. The second-order valence-corrected chi connectivity index (χ2v) is 9.02. The van der Waals surface area contributed by atoms with Crippen molar-refractivity contribution in [2.45, 2.75) is 45.3 Å². The van der Waals surface area contributed by atoms with Crippen LogP contribution in [-0.2, 0) is 32.5 Å². The quantitative estimate of drug-likeness (QED) is 0.329. The normalized spacial score (nSPS) is 12.7. The Bertz CT molecular complexity index is 1170. The number of hydrogen-bond donors (Lipinski definition) is 2. The summed E-state index contributed by atoms with van der Waals surface area (Å²) in [5.41, 5.74) is 15.0. The molecule has 5 rings (SSSR count). The lowest BCUT2D eigenvalue weighted by molar-refractivity contribution is 0.664. The third kappa shape index (κ3) is 5.07. The van der Waals surface area contributed by atoms with Gasteiger partial charge in [-0.3, -0.25) is 0 Å². The molecule has 1 aliphatic carbocycles. The number of fused-ring (bicyclic) bond motifs is 1. The van der Waals surface area contributed by atoms with Crippen LogP contribution >= 0.6 is 0 Å². The van der Waals surface area contributed by atoms with E-state index in [2.05, 4.69) is 101 Å². The maximum absolute atomic E-state index is 6.91. The first-order valence-electron chi connectivity index (χ1n) is 12.2. The van der Waals surface area contributed by atoms with Crippen LogP contribution < -0.4 is 16.0 Å². The average Bonchev–Trinajstić information content (AvgIpc) is 2.89. The molecule has 34 heavy (non-hydrogen) atoms. The largest absolute Gasteiger partial charge is 0.394 e. The zero-order valence-corrected chi connectivity index (χ0v) is 19.6. The Morgan fingerprint density at radius 2 is 1.24 bits per heavy atom. The summed E-state index contributed by atoms with van der Waals surface area (Å²) in [6, 6.07) is 31.6. The van der Waals surface area contributed by atoms with Gasteiger partial charge in [-0.05, 0) is 47.9 Å². The first-order valence-corrected chi connectivity index (χ1v) is 12.2. The predicted molar refractivity (Wildman–Crippen MR) is 142 cm³/mol. The second kappa shape index (κ2) is 10.4. The Hall–Kier alpha value is -3.79. The summed E-state index contributed by atoms with van der Waals surface area (Å²) in [7, 11) is 0. The molecule has 172 valence electrons. The third-order valence-electron chi connectivity index (χ3n) is 6.54. The fourth-order valence-electron chi connectivity index (χ4n) is 4.79. The minimum atomic E-state index is 0.748. The van der Waals surface area contributed by atoms with Gasteiger partial charge in [-0.2, -0.15) is 0 Å². The van der Waals surface area contributed by atoms with Crippen molar-refractivity contribution in [1.29, 1.82) is 0 Å². The van der Waals surface area contributed by atoms with Crippen LogP contribution in [0.2, 0.25) is 0 Å². The van der Waals surface area contributed by atoms with Crippen LogP contribution in [0.15, 0.2) is 91.0 Å². The summed E-state index contributed by atoms with van der Waals surface area (Å²) in [6.07, 6.45) is 4.40. The van der Waals surface area contributed by atoms with Gasteiger partial charge in [0.1, 0.15) is 0 Å². The number of aromatic nitrogens is 1. The Morgan fingerprint density at radius 1 is 0.706 bits per heavy atom. The van der Waals surface area contributed by atoms with Gasteiger partial charge >= 0.3 is 0 Å². The van der Waals surface area contributed by atoms with Gasteiger partial charge in [0.05, 0.1) is 11.4 Å². The Kier molecular flexibility index (Phi) is 6.76. The van der Waals surface area contributed by atoms with E-state index in [1.165, 1.54) is 40.8 Å². The molecule has 0 unspecified atom stereocenters. The molecular weight excluding hydrogens is 416 g/mol. The molecule has 0 atom stereocenters. The minimum absolute atomic E-state index is 0.748. The second-order valence-electron chi connectivity index (χ2n) is 9.02. The van der Waals surface area contributed by atoms with Gasteiger partial charge in [0.15, 0.2) is 5.82 Å². The standard InChI is InChI=1S/C30H32N4/c31-28-29(32-20-23-12-4-1-5-13-23)26-18-10-11-19-27(26)33-30(28)34(21-24-14-6-2-7-15-24)22-25-16-8-3-9-17-25/h1-9,12-17H,10-11,18-22,31H2,(H,32,33). The molecule has 3 aromatic carbocycles. The van der Waals surface area contributed by atoms with Gasteiger partial charge in [0, 0.05) is 25.3 Å².